The van der Waals surface area contributed by atoms with Crippen LogP contribution in [0.2, 0.25) is 0 Å². The number of aryl methyl sites for hydroxylation is 2. The van der Waals surface area contributed by atoms with Crippen molar-refractivity contribution < 1.29 is 9.21 Å². The fourth-order valence-corrected chi connectivity index (χ4v) is 3.19. The van der Waals surface area contributed by atoms with Crippen LogP contribution in [0.4, 0.5) is 0 Å². The molecule has 1 aliphatic heterocycles. The van der Waals surface area contributed by atoms with Crippen molar-refractivity contribution >= 4 is 5.91 Å². The van der Waals surface area contributed by atoms with Gasteiger partial charge in [0.2, 0.25) is 0 Å². The number of amides is 1. The molecule has 1 saturated heterocycles. The average Bonchev–Trinajstić information content (AvgIpc) is 3.15. The summed E-state index contributed by atoms with van der Waals surface area (Å²) in [5.74, 6) is 1.36. The lowest BCUT2D eigenvalue weighted by Gasteiger charge is -2.17. The van der Waals surface area contributed by atoms with Gasteiger partial charge in [-0.3, -0.25) is 9.69 Å². The lowest BCUT2D eigenvalue weighted by molar-refractivity contribution is 0.0949. The van der Waals surface area contributed by atoms with Gasteiger partial charge >= 0.3 is 0 Å². The van der Waals surface area contributed by atoms with Gasteiger partial charge in [-0.15, -0.1) is 0 Å². The lowest BCUT2D eigenvalue weighted by atomic mass is 10.1. The predicted octanol–water partition coefficient (Wildman–Crippen LogP) is 3.42. The number of nitrogens with zero attached hydrogens (tertiary/aromatic N) is 1. The van der Waals surface area contributed by atoms with Crippen molar-refractivity contribution in [3.8, 4) is 0 Å². The van der Waals surface area contributed by atoms with E-state index in [4.69, 9.17) is 4.42 Å². The van der Waals surface area contributed by atoms with E-state index >= 15 is 0 Å². The van der Waals surface area contributed by atoms with Crippen LogP contribution < -0.4 is 5.32 Å². The number of furan rings is 1. The second kappa shape index (κ2) is 7.01. The standard InChI is InChI=1S/C19H24N2O2/c1-14-11-18(15(2)23-14)19(22)20-12-16-7-3-4-8-17(16)13-21-9-5-6-10-21/h3-4,7-8,11H,5-6,9-10,12-13H2,1-2H3,(H,20,22). The second-order valence-electron chi connectivity index (χ2n) is 6.26. The molecule has 4 nitrogen and oxygen atoms in total. The van der Waals surface area contributed by atoms with Gasteiger partial charge in [-0.25, -0.2) is 0 Å². The Kier molecular flexibility index (Phi) is 4.82. The summed E-state index contributed by atoms with van der Waals surface area (Å²) in [4.78, 5) is 14.8. The van der Waals surface area contributed by atoms with Gasteiger partial charge in [0, 0.05) is 13.1 Å². The van der Waals surface area contributed by atoms with Gasteiger partial charge in [0.25, 0.3) is 5.91 Å². The highest BCUT2D eigenvalue weighted by Gasteiger charge is 2.15. The van der Waals surface area contributed by atoms with Gasteiger partial charge in [0.1, 0.15) is 11.5 Å². The zero-order valence-electron chi connectivity index (χ0n) is 13.9. The van der Waals surface area contributed by atoms with Crippen LogP contribution in [0.1, 0.15) is 45.8 Å². The largest absolute Gasteiger partial charge is 0.466 e. The van der Waals surface area contributed by atoms with Crippen molar-refractivity contribution in [2.75, 3.05) is 13.1 Å². The molecule has 0 aliphatic carbocycles. The predicted molar refractivity (Wildman–Crippen MR) is 90.3 cm³/mol. The molecule has 2 heterocycles. The van der Waals surface area contributed by atoms with Crippen molar-refractivity contribution in [3.05, 3.63) is 58.5 Å². The van der Waals surface area contributed by atoms with Crippen LogP contribution in [0.15, 0.2) is 34.7 Å². The lowest BCUT2D eigenvalue weighted by Crippen LogP contribution is -2.25. The van der Waals surface area contributed by atoms with Gasteiger partial charge < -0.3 is 9.73 Å². The van der Waals surface area contributed by atoms with Crippen molar-refractivity contribution in [2.45, 2.75) is 39.8 Å². The number of carbonyl (C=O) groups is 1. The van der Waals surface area contributed by atoms with E-state index in [0.717, 1.165) is 12.3 Å². The zero-order valence-corrected chi connectivity index (χ0v) is 13.9. The number of carbonyl (C=O) groups excluding carboxylic acids is 1. The first-order valence-electron chi connectivity index (χ1n) is 8.28. The highest BCUT2D eigenvalue weighted by Crippen LogP contribution is 2.17. The van der Waals surface area contributed by atoms with Crippen molar-refractivity contribution in [2.24, 2.45) is 0 Å². The number of nitrogens with one attached hydrogen (secondary N) is 1. The molecule has 0 saturated carbocycles. The Balaban J connectivity index is 1.65. The third kappa shape index (κ3) is 3.82. The summed E-state index contributed by atoms with van der Waals surface area (Å²) in [6.45, 7) is 7.54. The number of benzene rings is 1. The zero-order chi connectivity index (χ0) is 16.2. The molecule has 1 amide bonds. The quantitative estimate of drug-likeness (QED) is 0.920. The molecular formula is C19H24N2O2. The maximum atomic E-state index is 12.3. The average molecular weight is 312 g/mol. The van der Waals surface area contributed by atoms with E-state index in [9.17, 15) is 4.79 Å². The molecule has 2 aromatic rings. The summed E-state index contributed by atoms with van der Waals surface area (Å²) in [6, 6.07) is 10.1. The minimum absolute atomic E-state index is 0.0738. The molecule has 1 N–H and O–H groups in total. The number of hydrogen-bond donors (Lipinski definition) is 1. The molecule has 0 atom stereocenters. The topological polar surface area (TPSA) is 45.5 Å². The Morgan fingerprint density at radius 1 is 1.17 bits per heavy atom. The molecular weight excluding hydrogens is 288 g/mol. The molecule has 0 unspecified atom stereocenters. The number of rotatable bonds is 5. The maximum Gasteiger partial charge on any atom is 0.255 e. The van der Waals surface area contributed by atoms with E-state index in [-0.39, 0.29) is 5.91 Å². The van der Waals surface area contributed by atoms with E-state index < -0.39 is 0 Å². The summed E-state index contributed by atoms with van der Waals surface area (Å²) in [6.07, 6.45) is 2.58. The van der Waals surface area contributed by atoms with Crippen molar-refractivity contribution in [1.82, 2.24) is 10.2 Å². The Hall–Kier alpha value is -2.07. The van der Waals surface area contributed by atoms with E-state index in [1.165, 1.54) is 37.1 Å². The Morgan fingerprint density at radius 2 is 1.87 bits per heavy atom. The Bertz CT molecular complexity index is 684. The Labute approximate surface area is 137 Å². The molecule has 3 rings (SSSR count). The van der Waals surface area contributed by atoms with E-state index in [2.05, 4.69) is 28.4 Å². The summed E-state index contributed by atoms with van der Waals surface area (Å²) < 4.78 is 5.43. The minimum Gasteiger partial charge on any atom is -0.466 e. The van der Waals surface area contributed by atoms with Crippen LogP contribution in [-0.4, -0.2) is 23.9 Å². The van der Waals surface area contributed by atoms with Crippen molar-refractivity contribution in [1.29, 1.82) is 0 Å². The number of hydrogen-bond acceptors (Lipinski definition) is 3. The van der Waals surface area contributed by atoms with Crippen LogP contribution in [0.5, 0.6) is 0 Å². The second-order valence-corrected chi connectivity index (χ2v) is 6.26. The van der Waals surface area contributed by atoms with Crippen LogP contribution in [-0.2, 0) is 13.1 Å². The minimum atomic E-state index is -0.0738. The maximum absolute atomic E-state index is 12.3. The normalized spacial score (nSPS) is 15.0. The molecule has 0 spiro atoms. The molecule has 0 bridgehead atoms. The first-order chi connectivity index (χ1) is 11.1. The highest BCUT2D eigenvalue weighted by atomic mass is 16.3. The monoisotopic (exact) mass is 312 g/mol. The first-order valence-corrected chi connectivity index (χ1v) is 8.28. The SMILES string of the molecule is Cc1cc(C(=O)NCc2ccccc2CN2CCCC2)c(C)o1. The molecule has 0 radical (unpaired) electrons. The molecule has 122 valence electrons. The van der Waals surface area contributed by atoms with Gasteiger partial charge in [-0.05, 0) is 57.0 Å². The van der Waals surface area contributed by atoms with E-state index in [1.54, 1.807) is 6.07 Å². The summed E-state index contributed by atoms with van der Waals surface area (Å²) in [7, 11) is 0. The van der Waals surface area contributed by atoms with E-state index in [1.807, 2.05) is 19.9 Å². The Morgan fingerprint density at radius 3 is 2.52 bits per heavy atom. The first kappa shape index (κ1) is 15.8. The van der Waals surface area contributed by atoms with Gasteiger partial charge in [-0.1, -0.05) is 24.3 Å². The summed E-state index contributed by atoms with van der Waals surface area (Å²) >= 11 is 0. The molecule has 1 aliphatic rings. The molecule has 23 heavy (non-hydrogen) atoms. The summed E-state index contributed by atoms with van der Waals surface area (Å²) in [5, 5.41) is 3.02. The third-order valence-corrected chi connectivity index (χ3v) is 4.44. The van der Waals surface area contributed by atoms with Crippen LogP contribution in [0.3, 0.4) is 0 Å². The highest BCUT2D eigenvalue weighted by molar-refractivity contribution is 5.95. The van der Waals surface area contributed by atoms with E-state index in [0.29, 0.717) is 17.9 Å². The molecule has 1 aromatic heterocycles. The fourth-order valence-electron chi connectivity index (χ4n) is 3.19. The smallest absolute Gasteiger partial charge is 0.255 e. The fraction of sp³-hybridized carbons (Fsp3) is 0.421. The molecule has 4 heteroatoms. The van der Waals surface area contributed by atoms with Gasteiger partial charge in [-0.2, -0.15) is 0 Å². The van der Waals surface area contributed by atoms with Gasteiger partial charge in [0.15, 0.2) is 0 Å². The van der Waals surface area contributed by atoms with Crippen LogP contribution in [0, 0.1) is 13.8 Å². The van der Waals surface area contributed by atoms with Crippen molar-refractivity contribution in [3.63, 3.8) is 0 Å². The third-order valence-electron chi connectivity index (χ3n) is 4.44. The molecule has 1 fully saturated rings. The van der Waals surface area contributed by atoms with Crippen LogP contribution in [0.25, 0.3) is 0 Å². The molecule has 1 aromatic carbocycles. The summed E-state index contributed by atoms with van der Waals surface area (Å²) in [5.41, 5.74) is 3.11. The van der Waals surface area contributed by atoms with Crippen LogP contribution >= 0.6 is 0 Å². The number of likely N-dealkylation sites (tertiary alicyclic amines) is 1. The van der Waals surface area contributed by atoms with Gasteiger partial charge in [0.05, 0.1) is 5.56 Å².